The van der Waals surface area contributed by atoms with Crippen molar-refractivity contribution in [2.24, 2.45) is 0 Å². The molecule has 8 N–H and O–H groups in total. The second-order valence-electron chi connectivity index (χ2n) is 35.6. The van der Waals surface area contributed by atoms with Gasteiger partial charge in [0.2, 0.25) is 0 Å². The van der Waals surface area contributed by atoms with E-state index in [1.54, 1.807) is 48.5 Å². The highest BCUT2D eigenvalue weighted by molar-refractivity contribution is 6.02. The summed E-state index contributed by atoms with van der Waals surface area (Å²) in [5.41, 5.74) is 22.2. The molecule has 4 saturated heterocycles. The van der Waals surface area contributed by atoms with Gasteiger partial charge in [0.05, 0.1) is 6.61 Å². The first-order chi connectivity index (χ1) is 66.1. The van der Waals surface area contributed by atoms with E-state index in [0.717, 1.165) is 197 Å². The quantitative estimate of drug-likeness (QED) is 0.0169. The standard InChI is InChI=1S/C30H36N2O3.C30H35NO3.2C29H33NO3/c1-31-17-19-32(20-18-31)21-23-35-28-15-11-26(12-16-28)30(25-9-13-27(34)14-10-25)29(8-5-22-33)24-6-3-2-4-7-24;1-31-20-5-9-26(31)19-22-34-28-17-13-25(14-18-28)30(24-11-15-27(33)16-12-24)29(10-6-21-32)23-7-3-2-4-8-23;2*1-30-19-5-9-25(30)21-33-27-17-13-24(14-18-27)29(23-11-15-26(32)16-12-23)28(10-6-20-31)22-7-3-2-4-8-22/h2-4,6-7,9-16,33-34H,5,8,17-23H2,1H3;2-4,7-8,11-18,26,32-33H,5-6,9-10,19-22H2,1H3;2*2-4,7-8,11-18,25,31-32H,5-6,9-10,19-21H2,1H3/b2*30-29-;2*29-28-/t;;2*25-/m..10/s1. The number of rotatable bonds is 38. The average molecular weight is 1820 g/mol. The molecule has 0 saturated carbocycles. The zero-order valence-corrected chi connectivity index (χ0v) is 79.1. The number of aliphatic hydroxyl groups excluding tert-OH is 4. The second kappa shape index (κ2) is 53.1. The average Bonchev–Trinajstić information content (AvgIpc) is 1.81. The number of piperazine rings is 1. The lowest BCUT2D eigenvalue weighted by Gasteiger charge is -2.32. The van der Waals surface area contributed by atoms with Crippen molar-refractivity contribution in [2.45, 2.75) is 114 Å². The van der Waals surface area contributed by atoms with Crippen molar-refractivity contribution < 1.29 is 59.8 Å². The number of hydrogen-bond acceptors (Lipinski definition) is 17. The summed E-state index contributed by atoms with van der Waals surface area (Å²) < 4.78 is 24.3. The predicted octanol–water partition coefficient (Wildman–Crippen LogP) is 21.9. The van der Waals surface area contributed by atoms with Crippen LogP contribution >= 0.6 is 0 Å². The number of ether oxygens (including phenoxy) is 4. The first-order valence-corrected chi connectivity index (χ1v) is 48.3. The van der Waals surface area contributed by atoms with Gasteiger partial charge in [-0.25, -0.2) is 0 Å². The van der Waals surface area contributed by atoms with E-state index in [9.17, 15) is 40.9 Å². The fraction of sp³-hybridized carbons (Fsp3) is 0.322. The van der Waals surface area contributed by atoms with Crippen LogP contribution in [0.4, 0.5) is 0 Å². The number of aromatic hydroxyl groups is 4. The summed E-state index contributed by atoms with van der Waals surface area (Å²) in [6.07, 6.45) is 14.2. The maximum Gasteiger partial charge on any atom is 0.119 e. The van der Waals surface area contributed by atoms with Crippen LogP contribution in [-0.2, 0) is 0 Å². The number of phenols is 4. The third kappa shape index (κ3) is 29.8. The summed E-state index contributed by atoms with van der Waals surface area (Å²) in [7, 11) is 8.70. The fourth-order valence-corrected chi connectivity index (χ4v) is 18.5. The van der Waals surface area contributed by atoms with Crippen LogP contribution in [-0.4, -0.2) is 217 Å². The molecule has 12 aromatic rings. The first-order valence-electron chi connectivity index (χ1n) is 48.3. The minimum Gasteiger partial charge on any atom is -0.508 e. The van der Waals surface area contributed by atoms with Crippen molar-refractivity contribution in [3.05, 3.63) is 382 Å². The molecule has 4 fully saturated rings. The summed E-state index contributed by atoms with van der Waals surface area (Å²) in [5, 5.41) is 77.6. The Morgan fingerprint density at radius 2 is 0.496 bits per heavy atom. The van der Waals surface area contributed by atoms with E-state index in [0.29, 0.717) is 63.6 Å². The Morgan fingerprint density at radius 1 is 0.259 bits per heavy atom. The van der Waals surface area contributed by atoms with E-state index < -0.39 is 0 Å². The van der Waals surface area contributed by atoms with Gasteiger partial charge in [0, 0.05) is 77.3 Å². The number of benzene rings is 12. The molecule has 12 aromatic carbocycles. The minimum atomic E-state index is 0.138. The van der Waals surface area contributed by atoms with Crippen LogP contribution in [0.15, 0.2) is 315 Å². The largest absolute Gasteiger partial charge is 0.508 e. The third-order valence-corrected chi connectivity index (χ3v) is 26.1. The molecule has 16 rings (SSSR count). The van der Waals surface area contributed by atoms with Crippen LogP contribution in [0.2, 0.25) is 0 Å². The van der Waals surface area contributed by atoms with Gasteiger partial charge >= 0.3 is 0 Å². The van der Waals surface area contributed by atoms with Crippen LogP contribution in [0.1, 0.15) is 163 Å². The zero-order valence-electron chi connectivity index (χ0n) is 79.1. The van der Waals surface area contributed by atoms with Crippen molar-refractivity contribution in [1.82, 2.24) is 24.5 Å². The Morgan fingerprint density at radius 3 is 0.741 bits per heavy atom. The molecular weight excluding hydrogens is 1680 g/mol. The van der Waals surface area contributed by atoms with Crippen molar-refractivity contribution in [3.8, 4) is 46.0 Å². The Hall–Kier alpha value is -12.4. The topological polar surface area (TPSA) is 215 Å². The lowest BCUT2D eigenvalue weighted by atomic mass is 9.87. The van der Waals surface area contributed by atoms with Gasteiger partial charge in [-0.2, -0.15) is 0 Å². The van der Waals surface area contributed by atoms with Crippen LogP contribution in [0, 0.1) is 0 Å². The number of likely N-dealkylation sites (tertiary alicyclic amines) is 3. The number of aliphatic hydroxyl groups is 4. The molecule has 17 heteroatoms. The fourth-order valence-electron chi connectivity index (χ4n) is 18.5. The number of allylic oxidation sites excluding steroid dienone is 4. The Bertz CT molecular complexity index is 5450. The minimum absolute atomic E-state index is 0.138. The molecule has 4 heterocycles. The predicted molar refractivity (Wildman–Crippen MR) is 550 cm³/mol. The van der Waals surface area contributed by atoms with Crippen molar-refractivity contribution in [1.29, 1.82) is 0 Å². The zero-order chi connectivity index (χ0) is 94.3. The Labute approximate surface area is 800 Å². The SMILES string of the molecule is CN1CCCC1CCOc1ccc(/C(=C(/CCCO)c2ccccc2)c2ccc(O)cc2)cc1.CN1CCC[C@@H]1COc1ccc(/C(=C(/CCCO)c2ccccc2)c2ccc(O)cc2)cc1.CN1CCC[C@H]1COc1ccc(/C(=C(/CCCO)c2ccccc2)c2ccc(O)cc2)cc1.CN1CCN(CCOc2ccc(/C(=C(/CCCO)c3ccccc3)c3ccc(O)cc3)cc2)CC1. The molecule has 3 atom stereocenters. The van der Waals surface area contributed by atoms with Crippen LogP contribution in [0.25, 0.3) is 44.6 Å². The van der Waals surface area contributed by atoms with Gasteiger partial charge < -0.3 is 79.4 Å². The molecule has 0 aromatic heterocycles. The molecule has 1 unspecified atom stereocenters. The van der Waals surface area contributed by atoms with E-state index in [2.05, 4.69) is 150 Å². The Balaban J connectivity index is 0.000000152. The van der Waals surface area contributed by atoms with Crippen LogP contribution in [0.3, 0.4) is 0 Å². The highest BCUT2D eigenvalue weighted by Crippen LogP contribution is 2.43. The molecule has 0 bridgehead atoms. The number of likely N-dealkylation sites (N-methyl/N-ethyl adjacent to an activating group) is 3. The van der Waals surface area contributed by atoms with Crippen LogP contribution in [0.5, 0.6) is 46.0 Å². The van der Waals surface area contributed by atoms with Gasteiger partial charge in [-0.05, 0) is 353 Å². The molecular formula is C118H137N5O12. The van der Waals surface area contributed by atoms with E-state index in [4.69, 9.17) is 18.9 Å². The molecule has 0 aliphatic carbocycles. The highest BCUT2D eigenvalue weighted by Gasteiger charge is 2.27. The van der Waals surface area contributed by atoms with E-state index in [-0.39, 0.29) is 49.4 Å². The maximum absolute atomic E-state index is 9.86. The van der Waals surface area contributed by atoms with Gasteiger partial charge in [0.1, 0.15) is 65.8 Å². The summed E-state index contributed by atoms with van der Waals surface area (Å²) in [6, 6.07) is 106. The summed E-state index contributed by atoms with van der Waals surface area (Å²) in [4.78, 5) is 12.0. The summed E-state index contributed by atoms with van der Waals surface area (Å²) in [6.45, 7) is 12.2. The first kappa shape index (κ1) is 100. The van der Waals surface area contributed by atoms with Crippen LogP contribution < -0.4 is 18.9 Å². The van der Waals surface area contributed by atoms with Crippen molar-refractivity contribution in [2.75, 3.05) is 133 Å². The highest BCUT2D eigenvalue weighted by atomic mass is 16.5. The maximum atomic E-state index is 9.86. The van der Waals surface area contributed by atoms with Crippen molar-refractivity contribution in [3.63, 3.8) is 0 Å². The normalized spacial score (nSPS) is 16.7. The van der Waals surface area contributed by atoms with E-state index >= 15 is 0 Å². The third-order valence-electron chi connectivity index (χ3n) is 26.1. The van der Waals surface area contributed by atoms with E-state index in [1.807, 2.05) is 170 Å². The summed E-state index contributed by atoms with van der Waals surface area (Å²) >= 11 is 0. The molecule has 0 spiro atoms. The molecule has 4 aliphatic rings. The molecule has 706 valence electrons. The molecule has 17 nitrogen and oxygen atoms in total. The molecule has 0 amide bonds. The van der Waals surface area contributed by atoms with Crippen molar-refractivity contribution >= 4 is 44.6 Å². The Kier molecular flexibility index (Phi) is 39.4. The smallest absolute Gasteiger partial charge is 0.119 e. The van der Waals surface area contributed by atoms with Gasteiger partial charge in [-0.15, -0.1) is 0 Å². The lowest BCUT2D eigenvalue weighted by molar-refractivity contribution is 0.134. The summed E-state index contributed by atoms with van der Waals surface area (Å²) in [5.74, 6) is 4.48. The molecule has 4 aliphatic heterocycles. The number of hydrogen-bond donors (Lipinski definition) is 8. The molecule has 135 heavy (non-hydrogen) atoms. The lowest BCUT2D eigenvalue weighted by Crippen LogP contribution is -2.45. The van der Waals surface area contributed by atoms with Gasteiger partial charge in [0.15, 0.2) is 0 Å². The number of nitrogens with zero attached hydrogens (tertiary/aromatic N) is 5. The van der Waals surface area contributed by atoms with Gasteiger partial charge in [-0.1, -0.05) is 218 Å². The second-order valence-corrected chi connectivity index (χ2v) is 35.6. The van der Waals surface area contributed by atoms with E-state index in [1.165, 1.54) is 67.4 Å². The monoisotopic (exact) mass is 1820 g/mol. The van der Waals surface area contributed by atoms with Gasteiger partial charge in [0.25, 0.3) is 0 Å². The van der Waals surface area contributed by atoms with Gasteiger partial charge in [-0.3, -0.25) is 4.90 Å². The number of phenolic OH excluding ortho intramolecular Hbond substituents is 4. The molecule has 0 radical (unpaired) electrons.